The molecule has 144 valence electrons. The lowest BCUT2D eigenvalue weighted by molar-refractivity contribution is 0.0750. The van der Waals surface area contributed by atoms with Gasteiger partial charge in [0, 0.05) is 38.4 Å². The van der Waals surface area contributed by atoms with Crippen molar-refractivity contribution in [3.63, 3.8) is 0 Å². The number of carbonyl (C=O) groups is 1. The van der Waals surface area contributed by atoms with Crippen LogP contribution in [0.3, 0.4) is 0 Å². The monoisotopic (exact) mass is 395 g/mol. The van der Waals surface area contributed by atoms with Gasteiger partial charge in [-0.25, -0.2) is 19.9 Å². The molecule has 1 N–H and O–H groups in total. The number of pyridine rings is 1. The fourth-order valence-electron chi connectivity index (χ4n) is 3.11. The topological polar surface area (TPSA) is 87.1 Å². The molecule has 0 atom stereocenters. The largest absolute Gasteiger partial charge is 0.353 e. The zero-order chi connectivity index (χ0) is 19.5. The minimum atomic E-state index is 0.0650. The number of aryl methyl sites for hydroxylation is 2. The second-order valence-corrected chi connectivity index (χ2v) is 7.51. The summed E-state index contributed by atoms with van der Waals surface area (Å²) in [7, 11) is 0. The van der Waals surface area contributed by atoms with Crippen LogP contribution in [-0.4, -0.2) is 56.9 Å². The molecule has 0 saturated carbocycles. The molecule has 3 aromatic heterocycles. The Bertz CT molecular complexity index is 982. The number of hydrogen-bond donors (Lipinski definition) is 1. The van der Waals surface area contributed by atoms with E-state index >= 15 is 0 Å². The highest BCUT2D eigenvalue weighted by Gasteiger charge is 2.25. The zero-order valence-corrected chi connectivity index (χ0v) is 16.6. The molecule has 1 aliphatic rings. The van der Waals surface area contributed by atoms with Crippen molar-refractivity contribution in [2.45, 2.75) is 13.8 Å². The van der Waals surface area contributed by atoms with E-state index in [-0.39, 0.29) is 5.91 Å². The van der Waals surface area contributed by atoms with E-state index < -0.39 is 0 Å². The molecule has 0 spiro atoms. The van der Waals surface area contributed by atoms with Gasteiger partial charge < -0.3 is 15.1 Å². The number of nitrogens with zero attached hydrogens (tertiary/aromatic N) is 6. The predicted octanol–water partition coefficient (Wildman–Crippen LogP) is 2.65. The van der Waals surface area contributed by atoms with Crippen molar-refractivity contribution in [1.82, 2.24) is 24.8 Å². The normalized spacial score (nSPS) is 14.2. The summed E-state index contributed by atoms with van der Waals surface area (Å²) in [5.41, 5.74) is 3.65. The summed E-state index contributed by atoms with van der Waals surface area (Å²) in [6.07, 6.45) is 3.31. The highest BCUT2D eigenvalue weighted by atomic mass is 32.1. The van der Waals surface area contributed by atoms with Crippen LogP contribution in [0.2, 0.25) is 0 Å². The van der Waals surface area contributed by atoms with E-state index in [1.54, 1.807) is 18.0 Å². The van der Waals surface area contributed by atoms with Crippen molar-refractivity contribution < 1.29 is 4.79 Å². The predicted molar refractivity (Wildman–Crippen MR) is 109 cm³/mol. The average molecular weight is 395 g/mol. The number of hydrogen-bond acceptors (Lipinski definition) is 8. The van der Waals surface area contributed by atoms with Crippen LogP contribution in [0.25, 0.3) is 0 Å². The molecule has 4 rings (SSSR count). The molecule has 0 bridgehead atoms. The first-order chi connectivity index (χ1) is 13.6. The highest BCUT2D eigenvalue weighted by molar-refractivity contribution is 7.11. The van der Waals surface area contributed by atoms with E-state index in [1.807, 2.05) is 36.9 Å². The SMILES string of the molecule is Cc1ccnc(Nc2cc(N3CCN(C(=O)c4scnc4C)CC3)ncn2)c1. The molecule has 4 heterocycles. The maximum absolute atomic E-state index is 12.6. The summed E-state index contributed by atoms with van der Waals surface area (Å²) in [6, 6.07) is 5.83. The first-order valence-corrected chi connectivity index (χ1v) is 9.94. The molecule has 9 heteroatoms. The Hall–Kier alpha value is -3.07. The number of rotatable bonds is 4. The maximum atomic E-state index is 12.6. The highest BCUT2D eigenvalue weighted by Crippen LogP contribution is 2.21. The third-order valence-electron chi connectivity index (χ3n) is 4.65. The smallest absolute Gasteiger partial charge is 0.265 e. The minimum absolute atomic E-state index is 0.0650. The number of thiazole rings is 1. The van der Waals surface area contributed by atoms with Crippen LogP contribution in [-0.2, 0) is 0 Å². The van der Waals surface area contributed by atoms with E-state index in [9.17, 15) is 4.79 Å². The van der Waals surface area contributed by atoms with Crippen molar-refractivity contribution in [3.8, 4) is 0 Å². The lowest BCUT2D eigenvalue weighted by atomic mass is 10.2. The molecular weight excluding hydrogens is 374 g/mol. The summed E-state index contributed by atoms with van der Waals surface area (Å²) in [4.78, 5) is 34.6. The van der Waals surface area contributed by atoms with Gasteiger partial charge >= 0.3 is 0 Å². The van der Waals surface area contributed by atoms with Crippen LogP contribution in [0.15, 0.2) is 36.2 Å². The van der Waals surface area contributed by atoms with Crippen molar-refractivity contribution in [3.05, 3.63) is 52.4 Å². The molecular formula is C19H21N7OS. The molecule has 0 unspecified atom stereocenters. The Morgan fingerprint density at radius 3 is 2.54 bits per heavy atom. The Morgan fingerprint density at radius 1 is 1.04 bits per heavy atom. The number of carbonyl (C=O) groups excluding carboxylic acids is 1. The average Bonchev–Trinajstić information content (AvgIpc) is 3.14. The molecule has 8 nitrogen and oxygen atoms in total. The summed E-state index contributed by atoms with van der Waals surface area (Å²) in [5.74, 6) is 2.35. The second kappa shape index (κ2) is 7.89. The molecule has 1 aliphatic heterocycles. The summed E-state index contributed by atoms with van der Waals surface area (Å²) < 4.78 is 0. The van der Waals surface area contributed by atoms with Gasteiger partial charge in [0.1, 0.15) is 28.7 Å². The number of anilines is 3. The lowest BCUT2D eigenvalue weighted by Gasteiger charge is -2.35. The fraction of sp³-hybridized carbons (Fsp3) is 0.316. The van der Waals surface area contributed by atoms with E-state index in [4.69, 9.17) is 0 Å². The zero-order valence-electron chi connectivity index (χ0n) is 15.8. The van der Waals surface area contributed by atoms with Gasteiger partial charge in [-0.3, -0.25) is 4.79 Å². The Kier molecular flexibility index (Phi) is 5.16. The third-order valence-corrected chi connectivity index (χ3v) is 5.57. The Balaban J connectivity index is 1.41. The molecule has 0 aromatic carbocycles. The van der Waals surface area contributed by atoms with Gasteiger partial charge in [0.2, 0.25) is 0 Å². The van der Waals surface area contributed by atoms with Crippen LogP contribution in [0.5, 0.6) is 0 Å². The first kappa shape index (κ1) is 18.3. The van der Waals surface area contributed by atoms with Gasteiger partial charge in [-0.2, -0.15) is 0 Å². The number of piperazine rings is 1. The molecule has 1 saturated heterocycles. The maximum Gasteiger partial charge on any atom is 0.265 e. The Morgan fingerprint density at radius 2 is 1.82 bits per heavy atom. The summed E-state index contributed by atoms with van der Waals surface area (Å²) in [5, 5.41) is 3.22. The second-order valence-electron chi connectivity index (χ2n) is 6.65. The molecule has 3 aromatic rings. The molecule has 1 amide bonds. The fourth-order valence-corrected chi connectivity index (χ4v) is 3.88. The van der Waals surface area contributed by atoms with Crippen molar-refractivity contribution >= 4 is 34.7 Å². The van der Waals surface area contributed by atoms with Gasteiger partial charge in [0.25, 0.3) is 5.91 Å². The minimum Gasteiger partial charge on any atom is -0.353 e. The van der Waals surface area contributed by atoms with Gasteiger partial charge in [0.15, 0.2) is 0 Å². The van der Waals surface area contributed by atoms with E-state index in [2.05, 4.69) is 30.2 Å². The molecule has 0 radical (unpaired) electrons. The third kappa shape index (κ3) is 3.94. The van der Waals surface area contributed by atoms with E-state index in [0.717, 1.165) is 40.9 Å². The van der Waals surface area contributed by atoms with Gasteiger partial charge in [0.05, 0.1) is 11.2 Å². The van der Waals surface area contributed by atoms with Crippen LogP contribution in [0.1, 0.15) is 20.9 Å². The molecule has 0 aliphatic carbocycles. The van der Waals surface area contributed by atoms with Crippen molar-refractivity contribution in [1.29, 1.82) is 0 Å². The van der Waals surface area contributed by atoms with Crippen LogP contribution >= 0.6 is 11.3 Å². The lowest BCUT2D eigenvalue weighted by Crippen LogP contribution is -2.49. The molecule has 28 heavy (non-hydrogen) atoms. The first-order valence-electron chi connectivity index (χ1n) is 9.06. The van der Waals surface area contributed by atoms with Crippen molar-refractivity contribution in [2.24, 2.45) is 0 Å². The van der Waals surface area contributed by atoms with Gasteiger partial charge in [-0.1, -0.05) is 0 Å². The summed E-state index contributed by atoms with van der Waals surface area (Å²) in [6.45, 7) is 6.65. The summed E-state index contributed by atoms with van der Waals surface area (Å²) >= 11 is 1.40. The quantitative estimate of drug-likeness (QED) is 0.727. The molecule has 1 fully saturated rings. The van der Waals surface area contributed by atoms with Gasteiger partial charge in [-0.05, 0) is 31.5 Å². The number of amides is 1. The number of aromatic nitrogens is 4. The van der Waals surface area contributed by atoms with E-state index in [0.29, 0.717) is 18.9 Å². The van der Waals surface area contributed by atoms with Crippen LogP contribution < -0.4 is 10.2 Å². The van der Waals surface area contributed by atoms with Crippen molar-refractivity contribution in [2.75, 3.05) is 36.4 Å². The number of nitrogens with one attached hydrogen (secondary N) is 1. The van der Waals surface area contributed by atoms with Crippen LogP contribution in [0, 0.1) is 13.8 Å². The van der Waals surface area contributed by atoms with Crippen LogP contribution in [0.4, 0.5) is 17.5 Å². The van der Waals surface area contributed by atoms with E-state index in [1.165, 1.54) is 11.3 Å². The van der Waals surface area contributed by atoms with Gasteiger partial charge in [-0.15, -0.1) is 11.3 Å². The Labute approximate surface area is 167 Å². The standard InChI is InChI=1S/C19H21N7OS/c1-13-3-4-20-15(9-13)24-16-10-17(22-11-21-16)25-5-7-26(8-6-25)19(27)18-14(2)23-12-28-18/h3-4,9-12H,5-8H2,1-2H3,(H,20,21,22,24).